The van der Waals surface area contributed by atoms with Crippen LogP contribution in [0.25, 0.3) is 0 Å². The van der Waals surface area contributed by atoms with Crippen LogP contribution < -0.4 is 5.32 Å². The summed E-state index contributed by atoms with van der Waals surface area (Å²) in [5, 5.41) is 42.4. The lowest BCUT2D eigenvalue weighted by atomic mass is 10.0. The van der Waals surface area contributed by atoms with Gasteiger partial charge in [-0.05, 0) is 12.1 Å². The van der Waals surface area contributed by atoms with Gasteiger partial charge in [0.1, 0.15) is 24.0 Å². The molecule has 0 unspecified atom stereocenters. The SMILES string of the molecule is O=[N+]([O-])c1cc(Cl)ccc1N[C@@H]1OC[C@H](O)[C@H](O)[C@H]1O. The first-order valence-electron chi connectivity index (χ1n) is 5.76. The lowest BCUT2D eigenvalue weighted by Gasteiger charge is -2.35. The van der Waals surface area contributed by atoms with Crippen molar-refractivity contribution in [2.75, 3.05) is 11.9 Å². The molecule has 0 bridgehead atoms. The second kappa shape index (κ2) is 5.90. The minimum absolute atomic E-state index is 0.0899. The Balaban J connectivity index is 2.20. The van der Waals surface area contributed by atoms with Gasteiger partial charge in [-0.25, -0.2) is 0 Å². The molecule has 4 atom stereocenters. The minimum atomic E-state index is -1.42. The Bertz CT molecular complexity index is 514. The first-order chi connectivity index (χ1) is 9.40. The van der Waals surface area contributed by atoms with Gasteiger partial charge in [0, 0.05) is 11.1 Å². The summed E-state index contributed by atoms with van der Waals surface area (Å²) >= 11 is 5.69. The molecule has 20 heavy (non-hydrogen) atoms. The largest absolute Gasteiger partial charge is 0.388 e. The number of hydrogen-bond acceptors (Lipinski definition) is 7. The topological polar surface area (TPSA) is 125 Å². The van der Waals surface area contributed by atoms with Crippen LogP contribution in [0.2, 0.25) is 5.02 Å². The minimum Gasteiger partial charge on any atom is -0.388 e. The zero-order chi connectivity index (χ0) is 14.9. The van der Waals surface area contributed by atoms with Crippen molar-refractivity contribution in [1.29, 1.82) is 0 Å². The number of nitrogens with one attached hydrogen (secondary N) is 1. The molecule has 2 rings (SSSR count). The first-order valence-corrected chi connectivity index (χ1v) is 6.14. The van der Waals surface area contributed by atoms with Crippen LogP contribution in [0.4, 0.5) is 11.4 Å². The third-order valence-corrected chi connectivity index (χ3v) is 3.19. The Kier molecular flexibility index (Phi) is 4.41. The fourth-order valence-corrected chi connectivity index (χ4v) is 2.03. The van der Waals surface area contributed by atoms with Gasteiger partial charge >= 0.3 is 0 Å². The Morgan fingerprint density at radius 2 is 2.05 bits per heavy atom. The number of nitro groups is 1. The van der Waals surface area contributed by atoms with Crippen LogP contribution in [0.5, 0.6) is 0 Å². The monoisotopic (exact) mass is 304 g/mol. The molecule has 0 spiro atoms. The van der Waals surface area contributed by atoms with Gasteiger partial charge in [-0.2, -0.15) is 0 Å². The van der Waals surface area contributed by atoms with E-state index in [2.05, 4.69) is 5.32 Å². The summed E-state index contributed by atoms with van der Waals surface area (Å²) in [6.07, 6.45) is -5.10. The van der Waals surface area contributed by atoms with Crippen molar-refractivity contribution in [3.8, 4) is 0 Å². The maximum Gasteiger partial charge on any atom is 0.293 e. The molecule has 1 aliphatic rings. The summed E-state index contributed by atoms with van der Waals surface area (Å²) in [6, 6.07) is 3.97. The van der Waals surface area contributed by atoms with Crippen molar-refractivity contribution in [2.24, 2.45) is 0 Å². The zero-order valence-corrected chi connectivity index (χ0v) is 10.9. The van der Waals surface area contributed by atoms with E-state index in [1.54, 1.807) is 0 Å². The van der Waals surface area contributed by atoms with Crippen LogP contribution in [0.15, 0.2) is 18.2 Å². The normalized spacial score (nSPS) is 30.0. The van der Waals surface area contributed by atoms with Crippen molar-refractivity contribution in [2.45, 2.75) is 24.5 Å². The summed E-state index contributed by atoms with van der Waals surface area (Å²) in [7, 11) is 0. The number of aliphatic hydroxyl groups is 3. The predicted octanol–water partition coefficient (Wildman–Crippen LogP) is 0.0991. The molecule has 1 aromatic rings. The summed E-state index contributed by atoms with van der Waals surface area (Å²) in [6.45, 7) is -0.197. The molecule has 4 N–H and O–H groups in total. The van der Waals surface area contributed by atoms with E-state index in [0.717, 1.165) is 6.07 Å². The van der Waals surface area contributed by atoms with Gasteiger partial charge in [0.2, 0.25) is 0 Å². The Morgan fingerprint density at radius 1 is 1.35 bits per heavy atom. The molecule has 0 aromatic heterocycles. The maximum absolute atomic E-state index is 10.9. The number of halogens is 1. The van der Waals surface area contributed by atoms with Crippen molar-refractivity contribution < 1.29 is 25.0 Å². The number of rotatable bonds is 3. The van der Waals surface area contributed by atoms with Gasteiger partial charge in [-0.3, -0.25) is 10.1 Å². The highest BCUT2D eigenvalue weighted by Crippen LogP contribution is 2.29. The number of nitro benzene ring substituents is 1. The lowest BCUT2D eigenvalue weighted by molar-refractivity contribution is -0.384. The molecule has 0 aliphatic carbocycles. The third-order valence-electron chi connectivity index (χ3n) is 2.96. The summed E-state index contributed by atoms with van der Waals surface area (Å²) in [4.78, 5) is 10.3. The first kappa shape index (κ1) is 14.9. The highest BCUT2D eigenvalue weighted by molar-refractivity contribution is 6.30. The molecule has 8 nitrogen and oxygen atoms in total. The van der Waals surface area contributed by atoms with Crippen LogP contribution in [-0.2, 0) is 4.74 Å². The maximum atomic E-state index is 10.9. The van der Waals surface area contributed by atoms with Gasteiger partial charge in [0.05, 0.1) is 11.5 Å². The van der Waals surface area contributed by atoms with E-state index < -0.39 is 29.5 Å². The van der Waals surface area contributed by atoms with Crippen molar-refractivity contribution in [1.82, 2.24) is 0 Å². The second-order valence-electron chi connectivity index (χ2n) is 4.37. The molecule has 0 amide bonds. The molecule has 9 heteroatoms. The van der Waals surface area contributed by atoms with Gasteiger partial charge in [0.25, 0.3) is 5.69 Å². The average molecular weight is 305 g/mol. The molecular formula is C11H13ClN2O6. The molecule has 0 saturated carbocycles. The fourth-order valence-electron chi connectivity index (χ4n) is 1.86. The van der Waals surface area contributed by atoms with Crippen molar-refractivity contribution in [3.63, 3.8) is 0 Å². The van der Waals surface area contributed by atoms with Crippen molar-refractivity contribution >= 4 is 23.0 Å². The van der Waals surface area contributed by atoms with E-state index in [1.807, 2.05) is 0 Å². The number of hydrogen-bond donors (Lipinski definition) is 4. The molecule has 110 valence electrons. The van der Waals surface area contributed by atoms with E-state index >= 15 is 0 Å². The van der Waals surface area contributed by atoms with Gasteiger partial charge < -0.3 is 25.4 Å². The van der Waals surface area contributed by atoms with Gasteiger partial charge in [0.15, 0.2) is 6.23 Å². The number of aliphatic hydroxyl groups excluding tert-OH is 3. The molecule has 1 aliphatic heterocycles. The predicted molar refractivity (Wildman–Crippen MR) is 69.5 cm³/mol. The molecular weight excluding hydrogens is 292 g/mol. The average Bonchev–Trinajstić information content (AvgIpc) is 2.41. The highest BCUT2D eigenvalue weighted by atomic mass is 35.5. The molecule has 1 saturated heterocycles. The Morgan fingerprint density at radius 3 is 2.70 bits per heavy atom. The summed E-state index contributed by atoms with van der Waals surface area (Å²) in [5.74, 6) is 0. The molecule has 1 fully saturated rings. The number of ether oxygens (including phenoxy) is 1. The van der Waals surface area contributed by atoms with E-state index in [-0.39, 0.29) is 23.0 Å². The summed E-state index contributed by atoms with van der Waals surface area (Å²) < 4.78 is 5.12. The fraction of sp³-hybridized carbons (Fsp3) is 0.455. The van der Waals surface area contributed by atoms with Gasteiger partial charge in [-0.1, -0.05) is 11.6 Å². The van der Waals surface area contributed by atoms with E-state index in [0.29, 0.717) is 0 Å². The zero-order valence-electron chi connectivity index (χ0n) is 10.1. The smallest absolute Gasteiger partial charge is 0.293 e. The standard InChI is InChI=1S/C11H13ClN2O6/c12-5-1-2-6(7(3-5)14(18)19)13-11-10(17)9(16)8(15)4-20-11/h1-3,8-11,13,15-17H,4H2/t8-,9-,10+,11+/m0/s1. The molecule has 1 heterocycles. The summed E-state index contributed by atoms with van der Waals surface area (Å²) in [5.41, 5.74) is -0.194. The number of benzene rings is 1. The van der Waals surface area contributed by atoms with Crippen LogP contribution in [0.3, 0.4) is 0 Å². The number of anilines is 1. The third kappa shape index (κ3) is 3.00. The van der Waals surface area contributed by atoms with Crippen LogP contribution in [0, 0.1) is 10.1 Å². The quantitative estimate of drug-likeness (QED) is 0.461. The lowest BCUT2D eigenvalue weighted by Crippen LogP contribution is -2.55. The van der Waals surface area contributed by atoms with E-state index in [4.69, 9.17) is 16.3 Å². The highest BCUT2D eigenvalue weighted by Gasteiger charge is 2.38. The van der Waals surface area contributed by atoms with Crippen LogP contribution in [0.1, 0.15) is 0 Å². The molecule has 1 aromatic carbocycles. The van der Waals surface area contributed by atoms with E-state index in [1.165, 1.54) is 12.1 Å². The van der Waals surface area contributed by atoms with Crippen LogP contribution in [-0.4, -0.2) is 51.4 Å². The molecule has 0 radical (unpaired) electrons. The van der Waals surface area contributed by atoms with Gasteiger partial charge in [-0.15, -0.1) is 0 Å². The Labute approximate surface area is 118 Å². The van der Waals surface area contributed by atoms with Crippen LogP contribution >= 0.6 is 11.6 Å². The van der Waals surface area contributed by atoms with E-state index in [9.17, 15) is 25.4 Å². The van der Waals surface area contributed by atoms with Crippen molar-refractivity contribution in [3.05, 3.63) is 33.3 Å². The Hall–Kier alpha value is -1.45. The number of nitrogens with zero attached hydrogens (tertiary/aromatic N) is 1. The second-order valence-corrected chi connectivity index (χ2v) is 4.80.